The van der Waals surface area contributed by atoms with E-state index < -0.39 is 116 Å². The molecule has 0 spiro atoms. The number of benzene rings is 6. The minimum absolute atomic E-state index is 0.0168. The highest BCUT2D eigenvalue weighted by Crippen LogP contribution is 2.44. The van der Waals surface area contributed by atoms with Crippen molar-refractivity contribution in [2.45, 2.75) is 198 Å². The zero-order valence-electron chi connectivity index (χ0n) is 70.5. The minimum Gasteiger partial charge on any atom is -0.508 e. The summed E-state index contributed by atoms with van der Waals surface area (Å²) in [5.74, 6) is -5.43. The van der Waals surface area contributed by atoms with Crippen molar-refractivity contribution in [2.24, 2.45) is 23.3 Å². The van der Waals surface area contributed by atoms with Gasteiger partial charge < -0.3 is 77.0 Å². The third-order valence-electron chi connectivity index (χ3n) is 22.0. The summed E-state index contributed by atoms with van der Waals surface area (Å²) < 4.78 is 11.6. The molecule has 3 aliphatic heterocycles. The standard InChI is InChI=1S/C93H117N11O17S2/c1-61(2)45-70-53-103(86(112)25-16-43-94)57-84(110)98-71(46-65-21-12-6-13-22-65)54-104(88(114)40-30-64-19-10-5-11-20-64)56-83(109)97-69(33-41-90(116)117)52-102(87(113)39-29-63-17-8-4-9-18-63)55-82(108)96-62(3)51-101(89(115)42-44-123-59-66-26-31-68(32-27-66)93(119)99-70)58-85(111)100-78(92(95)118)24-15-7-14-23-74(122)47-67-28-36-75(79(48-67)120-60-105)91-76-37-34-72(106)49-80(76)121-81-50-73(107)35-38-77(81)91/h4,6,8-9,12-13,17-18,21-22,26-28,31-32,34-38,48-50,60-62,64,69-71,78,106H,5,7,10-11,14-16,19-20,23-25,29-30,33,39-47,51-59,94H2,1-3H3,(H2,95,118)(H,96,108)(H,97,109)(H,98,110)(H,99,119)(H,100,111)(H,116,117)/t62-,69-,70-,71-,78+/m0/s1. The number of unbranched alkanes of at least 4 members (excludes halogenated alkanes) is 2. The fourth-order valence-electron chi connectivity index (χ4n) is 15.9. The number of carbonyl (C=O) groups excluding carboxylic acids is 11. The molecule has 0 radical (unpaired) electrons. The SMILES string of the molecule is CC(C)C[C@H]1CN(C(=O)CCCN)CC(=O)N[C@@H](Cc2ccccc2)CN(C(=O)CCC2CCCCC2)CC(=O)N[C@@H](CCC(=O)O)CN(C(=O)CCc2ccccc2)CC(=O)N[C@@H](C)CN(CC(=O)N[C@H](CCCCCC(=S)Cc2ccc(-c3c4ccc(=O)cc-4oc4cc(O)ccc34)c(OC=O)c2)C(N)=O)C(=O)CCSCc2ccc(cc2)C(=O)N1. The van der Waals surface area contributed by atoms with Crippen molar-refractivity contribution in [3.63, 3.8) is 0 Å². The van der Waals surface area contributed by atoms with Gasteiger partial charge in [0.15, 0.2) is 5.43 Å². The highest BCUT2D eigenvalue weighted by Gasteiger charge is 2.33. The number of hydrogen-bond acceptors (Lipinski definition) is 19. The number of aromatic hydroxyl groups is 1. The number of carbonyl (C=O) groups is 12. The largest absolute Gasteiger partial charge is 0.508 e. The van der Waals surface area contributed by atoms with Crippen molar-refractivity contribution in [1.29, 1.82) is 0 Å². The second-order valence-electron chi connectivity index (χ2n) is 32.6. The summed E-state index contributed by atoms with van der Waals surface area (Å²) in [6, 6.07) is 35.1. The Morgan fingerprint density at radius 1 is 0.659 bits per heavy atom. The topological polar surface area (TPSA) is 410 Å². The van der Waals surface area contributed by atoms with Gasteiger partial charge in [0.25, 0.3) is 12.4 Å². The number of aryl methyl sites for hydroxylation is 1. The number of primary amides is 1. The summed E-state index contributed by atoms with van der Waals surface area (Å²) in [4.78, 5) is 187. The van der Waals surface area contributed by atoms with Gasteiger partial charge in [0.1, 0.15) is 28.9 Å². The van der Waals surface area contributed by atoms with E-state index in [1.807, 2.05) is 80.6 Å². The van der Waals surface area contributed by atoms with Gasteiger partial charge >= 0.3 is 5.97 Å². The van der Waals surface area contributed by atoms with Crippen molar-refractivity contribution in [1.82, 2.24) is 46.2 Å². The fraction of sp³-hybridized carbons (Fsp3) is 0.462. The maximum atomic E-state index is 14.9. The van der Waals surface area contributed by atoms with E-state index >= 15 is 0 Å². The maximum absolute atomic E-state index is 14.9. The number of amides is 10. The van der Waals surface area contributed by atoms with Crippen molar-refractivity contribution < 1.29 is 76.9 Å². The molecule has 0 unspecified atom stereocenters. The van der Waals surface area contributed by atoms with Crippen LogP contribution in [0.3, 0.4) is 0 Å². The summed E-state index contributed by atoms with van der Waals surface area (Å²) in [5.41, 5.74) is 17.1. The lowest BCUT2D eigenvalue weighted by atomic mass is 9.86. The molecule has 5 aromatic carbocycles. The van der Waals surface area contributed by atoms with Crippen LogP contribution in [0.2, 0.25) is 0 Å². The predicted molar refractivity (Wildman–Crippen MR) is 475 cm³/mol. The Bertz CT molecular complexity index is 4800. The van der Waals surface area contributed by atoms with E-state index in [0.717, 1.165) is 54.4 Å². The van der Waals surface area contributed by atoms with Gasteiger partial charge in [0.2, 0.25) is 53.2 Å². The Balaban J connectivity index is 0.937. The summed E-state index contributed by atoms with van der Waals surface area (Å²) in [6.07, 6.45) is 8.59. The quantitative estimate of drug-likeness (QED) is 0.00641. The number of phenols is 1. The lowest BCUT2D eigenvalue weighted by molar-refractivity contribution is -0.139. The second kappa shape index (κ2) is 49.1. The average Bonchev–Trinajstić information content (AvgIpc) is 0.748. The van der Waals surface area contributed by atoms with Gasteiger partial charge in [-0.1, -0.05) is 156 Å². The van der Waals surface area contributed by atoms with E-state index in [4.69, 9.17) is 32.8 Å². The molecular formula is C93H117N11O17S2. The first-order chi connectivity index (χ1) is 59.1. The number of nitrogens with zero attached hydrogens (tertiary/aromatic N) is 4. The van der Waals surface area contributed by atoms with E-state index in [9.17, 15) is 72.5 Å². The Morgan fingerprint density at radius 2 is 1.30 bits per heavy atom. The summed E-state index contributed by atoms with van der Waals surface area (Å²) in [5, 5.41) is 35.8. The Kier molecular flexibility index (Phi) is 38.1. The number of carboxylic acid groups (broad SMARTS) is 1. The molecule has 11 N–H and O–H groups in total. The number of nitrogens with two attached hydrogens (primary N) is 2. The first-order valence-electron chi connectivity index (χ1n) is 42.7. The molecule has 30 heteroatoms. The van der Waals surface area contributed by atoms with Crippen LogP contribution >= 0.6 is 24.0 Å². The van der Waals surface area contributed by atoms with Crippen LogP contribution in [-0.4, -0.2) is 201 Å². The lowest BCUT2D eigenvalue weighted by Gasteiger charge is -2.32. The van der Waals surface area contributed by atoms with Gasteiger partial charge in [0, 0.05) is 134 Å². The molecule has 0 aromatic heterocycles. The molecule has 2 aliphatic carbocycles. The highest BCUT2D eigenvalue weighted by molar-refractivity contribution is 7.98. The molecule has 658 valence electrons. The van der Waals surface area contributed by atoms with E-state index in [1.165, 1.54) is 55.6 Å². The van der Waals surface area contributed by atoms with Crippen LogP contribution in [-0.2, 0) is 77.8 Å². The normalized spacial score (nSPS) is 17.8. The van der Waals surface area contributed by atoms with Crippen LogP contribution in [0.1, 0.15) is 175 Å². The summed E-state index contributed by atoms with van der Waals surface area (Å²) in [7, 11) is 0. The number of phenolic OH excluding ortho intramolecular Hbond substituents is 1. The number of aliphatic carboxylic acids is 1. The fourth-order valence-corrected chi connectivity index (χ4v) is 17.1. The molecular weight excluding hydrogens is 1610 g/mol. The van der Waals surface area contributed by atoms with Gasteiger partial charge in [-0.2, -0.15) is 11.8 Å². The van der Waals surface area contributed by atoms with Crippen molar-refractivity contribution >= 4 is 111 Å². The van der Waals surface area contributed by atoms with Crippen LogP contribution in [0.5, 0.6) is 11.5 Å². The maximum Gasteiger partial charge on any atom is 0.303 e. The number of nitrogens with one attached hydrogen (secondary N) is 5. The van der Waals surface area contributed by atoms with E-state index in [2.05, 4.69) is 26.6 Å². The number of thioether (sulfide) groups is 1. The highest BCUT2D eigenvalue weighted by atomic mass is 32.2. The van der Waals surface area contributed by atoms with E-state index in [1.54, 1.807) is 55.5 Å². The van der Waals surface area contributed by atoms with Crippen LogP contribution in [0.4, 0.5) is 0 Å². The number of ether oxygens (including phenoxy) is 1. The number of fused-ring (bicyclic) bond motifs is 31. The molecule has 28 nitrogen and oxygen atoms in total. The third-order valence-corrected chi connectivity index (χ3v) is 23.4. The summed E-state index contributed by atoms with van der Waals surface area (Å²) in [6.45, 7) is 3.15. The summed E-state index contributed by atoms with van der Waals surface area (Å²) >= 11 is 7.27. The van der Waals surface area contributed by atoms with E-state index in [0.29, 0.717) is 102 Å². The van der Waals surface area contributed by atoms with Gasteiger partial charge in [0.05, 0.1) is 32.2 Å². The van der Waals surface area contributed by atoms with Crippen LogP contribution in [0.15, 0.2) is 149 Å². The number of hydrogen-bond donors (Lipinski definition) is 9. The van der Waals surface area contributed by atoms with Crippen LogP contribution < -0.4 is 48.2 Å². The zero-order chi connectivity index (χ0) is 88.3. The molecule has 10 amide bonds. The number of rotatable bonds is 31. The molecule has 1 fully saturated rings. The third kappa shape index (κ3) is 31.8. The van der Waals surface area contributed by atoms with Crippen molar-refractivity contribution in [3.8, 4) is 33.9 Å². The number of carboxylic acids is 1. The Morgan fingerprint density at radius 3 is 1.97 bits per heavy atom. The van der Waals surface area contributed by atoms with Crippen LogP contribution in [0, 0.1) is 11.8 Å². The Hall–Kier alpha value is -11.4. The minimum atomic E-state index is -1.21. The van der Waals surface area contributed by atoms with Gasteiger partial charge in [-0.15, -0.1) is 0 Å². The molecule has 10 rings (SSSR count). The predicted octanol–water partition coefficient (Wildman–Crippen LogP) is 9.75. The molecule has 5 atom stereocenters. The van der Waals surface area contributed by atoms with Crippen molar-refractivity contribution in [3.05, 3.63) is 178 Å². The molecule has 5 aromatic rings. The average molecular weight is 1730 g/mol. The van der Waals surface area contributed by atoms with E-state index in [-0.39, 0.29) is 136 Å². The van der Waals surface area contributed by atoms with Gasteiger partial charge in [-0.3, -0.25) is 62.3 Å². The molecule has 3 heterocycles. The molecule has 123 heavy (non-hydrogen) atoms. The molecule has 0 saturated heterocycles. The second-order valence-corrected chi connectivity index (χ2v) is 34.3. The molecule has 2 bridgehead atoms. The Labute approximate surface area is 727 Å². The first kappa shape index (κ1) is 95.5. The zero-order valence-corrected chi connectivity index (χ0v) is 72.1. The number of thiocarbonyl (C=S) groups is 1. The van der Waals surface area contributed by atoms with Crippen molar-refractivity contribution in [2.75, 3.05) is 64.7 Å². The monoisotopic (exact) mass is 1720 g/mol. The smallest absolute Gasteiger partial charge is 0.303 e. The lowest BCUT2D eigenvalue weighted by Crippen LogP contribution is -2.55. The van der Waals surface area contributed by atoms with Gasteiger partial charge in [-0.25, -0.2) is 0 Å². The molecule has 5 aliphatic rings. The van der Waals surface area contributed by atoms with Gasteiger partial charge in [-0.05, 0) is 153 Å². The first-order valence-corrected chi connectivity index (χ1v) is 44.2. The molecule has 1 saturated carbocycles. The van der Waals surface area contributed by atoms with Crippen LogP contribution in [0.25, 0.3) is 33.4 Å².